The highest BCUT2D eigenvalue weighted by atomic mass is 16.4. The van der Waals surface area contributed by atoms with Crippen LogP contribution in [0.15, 0.2) is 24.3 Å². The van der Waals surface area contributed by atoms with Gasteiger partial charge in [0.15, 0.2) is 0 Å². The van der Waals surface area contributed by atoms with E-state index < -0.39 is 5.97 Å². The third kappa shape index (κ3) is 3.50. The van der Waals surface area contributed by atoms with Gasteiger partial charge in [-0.15, -0.1) is 0 Å². The van der Waals surface area contributed by atoms with Crippen molar-refractivity contribution in [1.29, 1.82) is 0 Å². The van der Waals surface area contributed by atoms with Gasteiger partial charge in [-0.25, -0.2) is 14.8 Å². The lowest BCUT2D eigenvalue weighted by Gasteiger charge is -2.19. The number of carboxylic acid groups (broad SMARTS) is 1. The summed E-state index contributed by atoms with van der Waals surface area (Å²) in [5.41, 5.74) is 3.76. The average Bonchev–Trinajstić information content (AvgIpc) is 2.36. The number of benzene rings is 1. The van der Waals surface area contributed by atoms with E-state index in [0.29, 0.717) is 23.6 Å². The zero-order valence-corrected chi connectivity index (χ0v) is 13.8. The molecule has 2 rings (SSSR count). The summed E-state index contributed by atoms with van der Waals surface area (Å²) in [6.45, 7) is 9.97. The Labute approximate surface area is 131 Å². The molecule has 0 aliphatic rings. The minimum Gasteiger partial charge on any atom is -0.478 e. The van der Waals surface area contributed by atoms with Crippen molar-refractivity contribution in [1.82, 2.24) is 9.97 Å². The molecule has 0 aliphatic heterocycles. The van der Waals surface area contributed by atoms with E-state index in [9.17, 15) is 4.79 Å². The first-order chi connectivity index (χ1) is 10.2. The second-order valence-electron chi connectivity index (χ2n) is 6.61. The van der Waals surface area contributed by atoms with Gasteiger partial charge >= 0.3 is 5.97 Å². The SMILES string of the molecule is Cc1nc(Cc2ccc(C(C)(C)C)cc2)nc(C)c1C(=O)O. The van der Waals surface area contributed by atoms with Gasteiger partial charge in [-0.1, -0.05) is 45.0 Å². The van der Waals surface area contributed by atoms with Gasteiger partial charge in [-0.05, 0) is 30.4 Å². The van der Waals surface area contributed by atoms with Crippen LogP contribution in [0.2, 0.25) is 0 Å². The molecule has 1 aromatic carbocycles. The summed E-state index contributed by atoms with van der Waals surface area (Å²) >= 11 is 0. The van der Waals surface area contributed by atoms with Crippen LogP contribution in [0, 0.1) is 13.8 Å². The summed E-state index contributed by atoms with van der Waals surface area (Å²) in [5, 5.41) is 9.15. The molecule has 0 spiro atoms. The predicted molar refractivity (Wildman–Crippen MR) is 86.4 cm³/mol. The second kappa shape index (κ2) is 5.87. The molecular formula is C18H22N2O2. The van der Waals surface area contributed by atoms with Crippen LogP contribution in [0.25, 0.3) is 0 Å². The molecule has 0 bridgehead atoms. The zero-order valence-electron chi connectivity index (χ0n) is 13.8. The molecule has 0 unspecified atom stereocenters. The summed E-state index contributed by atoms with van der Waals surface area (Å²) in [6, 6.07) is 8.42. The molecule has 0 fully saturated rings. The van der Waals surface area contributed by atoms with Gasteiger partial charge in [0, 0.05) is 6.42 Å². The summed E-state index contributed by atoms with van der Waals surface area (Å²) in [4.78, 5) is 19.8. The minimum atomic E-state index is -0.976. The van der Waals surface area contributed by atoms with Crippen molar-refractivity contribution in [2.45, 2.75) is 46.5 Å². The van der Waals surface area contributed by atoms with E-state index in [1.807, 2.05) is 0 Å². The molecule has 0 radical (unpaired) electrons. The van der Waals surface area contributed by atoms with Crippen molar-refractivity contribution >= 4 is 5.97 Å². The van der Waals surface area contributed by atoms with E-state index in [1.54, 1.807) is 13.8 Å². The van der Waals surface area contributed by atoms with Crippen LogP contribution < -0.4 is 0 Å². The molecule has 4 heteroatoms. The van der Waals surface area contributed by atoms with Crippen molar-refractivity contribution in [2.24, 2.45) is 0 Å². The van der Waals surface area contributed by atoms with Crippen LogP contribution >= 0.6 is 0 Å². The zero-order chi connectivity index (χ0) is 16.5. The van der Waals surface area contributed by atoms with Gasteiger partial charge in [0.25, 0.3) is 0 Å². The van der Waals surface area contributed by atoms with Crippen LogP contribution in [0.4, 0.5) is 0 Å². The molecule has 0 saturated carbocycles. The molecule has 1 N–H and O–H groups in total. The number of hydrogen-bond donors (Lipinski definition) is 1. The first-order valence-electron chi connectivity index (χ1n) is 7.35. The standard InChI is InChI=1S/C18H22N2O2/c1-11-16(17(21)22)12(2)20-15(19-11)10-13-6-8-14(9-7-13)18(3,4)5/h6-9H,10H2,1-5H3,(H,21,22). The number of aryl methyl sites for hydroxylation is 2. The fraction of sp³-hybridized carbons (Fsp3) is 0.389. The Bertz CT molecular complexity index is 675. The maximum Gasteiger partial charge on any atom is 0.339 e. The number of carboxylic acids is 1. The van der Waals surface area contributed by atoms with Crippen molar-refractivity contribution in [3.05, 3.63) is 58.2 Å². The number of aromatic nitrogens is 2. The van der Waals surface area contributed by atoms with Crippen molar-refractivity contribution in [2.75, 3.05) is 0 Å². The minimum absolute atomic E-state index is 0.130. The first kappa shape index (κ1) is 16.1. The molecule has 0 atom stereocenters. The van der Waals surface area contributed by atoms with Gasteiger partial charge in [-0.2, -0.15) is 0 Å². The molecule has 0 aliphatic carbocycles. The molecule has 0 amide bonds. The highest BCUT2D eigenvalue weighted by Crippen LogP contribution is 2.22. The van der Waals surface area contributed by atoms with Gasteiger partial charge in [0.1, 0.15) is 11.4 Å². The molecule has 1 heterocycles. The maximum absolute atomic E-state index is 11.2. The van der Waals surface area contributed by atoms with Gasteiger partial charge in [-0.3, -0.25) is 0 Å². The number of aromatic carboxylic acids is 1. The second-order valence-corrected chi connectivity index (χ2v) is 6.61. The summed E-state index contributed by atoms with van der Waals surface area (Å²) in [5.74, 6) is -0.320. The van der Waals surface area contributed by atoms with E-state index in [4.69, 9.17) is 5.11 Å². The smallest absolute Gasteiger partial charge is 0.339 e. The highest BCUT2D eigenvalue weighted by Gasteiger charge is 2.16. The Kier molecular flexibility index (Phi) is 4.31. The number of carbonyl (C=O) groups is 1. The van der Waals surface area contributed by atoms with Crippen molar-refractivity contribution < 1.29 is 9.90 Å². The summed E-state index contributed by atoms with van der Waals surface area (Å²) in [6.07, 6.45) is 0.603. The largest absolute Gasteiger partial charge is 0.478 e. The van der Waals surface area contributed by atoms with E-state index in [1.165, 1.54) is 5.56 Å². The van der Waals surface area contributed by atoms with E-state index >= 15 is 0 Å². The van der Waals surface area contributed by atoms with E-state index in [0.717, 1.165) is 5.56 Å². The Balaban J connectivity index is 2.26. The number of rotatable bonds is 3. The third-order valence-corrected chi connectivity index (χ3v) is 3.71. The molecule has 1 aromatic heterocycles. The topological polar surface area (TPSA) is 63.1 Å². The molecule has 2 aromatic rings. The quantitative estimate of drug-likeness (QED) is 0.939. The van der Waals surface area contributed by atoms with Gasteiger partial charge in [0.2, 0.25) is 0 Å². The lowest BCUT2D eigenvalue weighted by molar-refractivity contribution is 0.0694. The van der Waals surface area contributed by atoms with Crippen molar-refractivity contribution in [3.8, 4) is 0 Å². The number of hydrogen-bond acceptors (Lipinski definition) is 3. The molecule has 22 heavy (non-hydrogen) atoms. The fourth-order valence-corrected chi connectivity index (χ4v) is 2.48. The molecule has 0 saturated heterocycles. The van der Waals surface area contributed by atoms with Crippen LogP contribution in [0.5, 0.6) is 0 Å². The molecular weight excluding hydrogens is 276 g/mol. The fourth-order valence-electron chi connectivity index (χ4n) is 2.48. The first-order valence-corrected chi connectivity index (χ1v) is 7.35. The lowest BCUT2D eigenvalue weighted by atomic mass is 9.86. The highest BCUT2D eigenvalue weighted by molar-refractivity contribution is 5.89. The van der Waals surface area contributed by atoms with Crippen LogP contribution in [0.3, 0.4) is 0 Å². The van der Waals surface area contributed by atoms with E-state index in [-0.39, 0.29) is 11.0 Å². The normalized spacial score (nSPS) is 11.5. The third-order valence-electron chi connectivity index (χ3n) is 3.71. The van der Waals surface area contributed by atoms with Crippen LogP contribution in [0.1, 0.15) is 59.5 Å². The summed E-state index contributed by atoms with van der Waals surface area (Å²) in [7, 11) is 0. The summed E-state index contributed by atoms with van der Waals surface area (Å²) < 4.78 is 0. The Morgan fingerprint density at radius 2 is 1.55 bits per heavy atom. The molecule has 4 nitrogen and oxygen atoms in total. The maximum atomic E-state index is 11.2. The average molecular weight is 298 g/mol. The Morgan fingerprint density at radius 3 is 1.95 bits per heavy atom. The van der Waals surface area contributed by atoms with Crippen LogP contribution in [-0.2, 0) is 11.8 Å². The Hall–Kier alpha value is -2.23. The lowest BCUT2D eigenvalue weighted by Crippen LogP contribution is -2.11. The van der Waals surface area contributed by atoms with Crippen LogP contribution in [-0.4, -0.2) is 21.0 Å². The van der Waals surface area contributed by atoms with Gasteiger partial charge < -0.3 is 5.11 Å². The Morgan fingerprint density at radius 1 is 1.05 bits per heavy atom. The van der Waals surface area contributed by atoms with Gasteiger partial charge in [0.05, 0.1) is 11.4 Å². The van der Waals surface area contributed by atoms with Crippen molar-refractivity contribution in [3.63, 3.8) is 0 Å². The monoisotopic (exact) mass is 298 g/mol. The molecule has 116 valence electrons. The predicted octanol–water partition coefficient (Wildman–Crippen LogP) is 3.68. The van der Waals surface area contributed by atoms with E-state index in [2.05, 4.69) is 55.0 Å². The number of nitrogens with zero attached hydrogens (tertiary/aromatic N) is 2.